The predicted molar refractivity (Wildman–Crippen MR) is 59.5 cm³/mol. The molecule has 1 aromatic rings. The summed E-state index contributed by atoms with van der Waals surface area (Å²) >= 11 is 0. The molecule has 2 atom stereocenters. The molecule has 1 aliphatic rings. The number of Topliss-reactive ketones (excluding diaryl/α,β-unsaturated/α-hetero) is 1. The van der Waals surface area contributed by atoms with Gasteiger partial charge in [-0.2, -0.15) is 5.26 Å². The highest BCUT2D eigenvalue weighted by Crippen LogP contribution is 2.53. The summed E-state index contributed by atoms with van der Waals surface area (Å²) in [7, 11) is 0. The van der Waals surface area contributed by atoms with Gasteiger partial charge in [0.25, 0.3) is 0 Å². The van der Waals surface area contributed by atoms with Crippen molar-refractivity contribution in [3.63, 3.8) is 0 Å². The maximum atomic E-state index is 12.1. The van der Waals surface area contributed by atoms with Crippen LogP contribution in [0.25, 0.3) is 0 Å². The molecule has 0 saturated heterocycles. The number of ketones is 1. The van der Waals surface area contributed by atoms with Gasteiger partial charge in [-0.25, -0.2) is 0 Å². The second-order valence-electron chi connectivity index (χ2n) is 4.96. The molecule has 0 amide bonds. The number of nitrogens with zero attached hydrogens (tertiary/aromatic N) is 2. The topological polar surface area (TPSA) is 53.8 Å². The predicted octanol–water partition coefficient (Wildman–Crippen LogP) is 2.30. The minimum absolute atomic E-state index is 0.0196. The van der Waals surface area contributed by atoms with Gasteiger partial charge in [0.2, 0.25) is 0 Å². The van der Waals surface area contributed by atoms with Crippen LogP contribution in [0.15, 0.2) is 24.4 Å². The van der Waals surface area contributed by atoms with Crippen LogP contribution in [-0.4, -0.2) is 10.8 Å². The molecular formula is C13H14N2O. The number of aromatic nitrogens is 1. The lowest BCUT2D eigenvalue weighted by atomic mass is 9.94. The minimum Gasteiger partial charge on any atom is -0.297 e. The van der Waals surface area contributed by atoms with E-state index in [0.29, 0.717) is 5.69 Å². The van der Waals surface area contributed by atoms with Gasteiger partial charge >= 0.3 is 0 Å². The maximum absolute atomic E-state index is 12.1. The first-order chi connectivity index (χ1) is 7.56. The van der Waals surface area contributed by atoms with Crippen LogP contribution in [0.3, 0.4) is 0 Å². The Bertz CT molecular complexity index is 445. The van der Waals surface area contributed by atoms with Gasteiger partial charge in [-0.15, -0.1) is 0 Å². The molecule has 1 heterocycles. The fraction of sp³-hybridized carbons (Fsp3) is 0.462. The monoisotopic (exact) mass is 214 g/mol. The summed E-state index contributed by atoms with van der Waals surface area (Å²) in [5, 5.41) is 9.09. The van der Waals surface area contributed by atoms with E-state index in [1.54, 1.807) is 24.4 Å². The standard InChI is InChI=1S/C13H14N2O/c1-13(2)7-10(13)12(16)9(8-14)11-5-3-4-6-15-11/h3-6,9-10H,7H2,1-2H3. The summed E-state index contributed by atoms with van der Waals surface area (Å²) in [4.78, 5) is 16.2. The average molecular weight is 214 g/mol. The third kappa shape index (κ3) is 1.83. The number of hydrogen-bond donors (Lipinski definition) is 0. The lowest BCUT2D eigenvalue weighted by Gasteiger charge is -2.08. The SMILES string of the molecule is CC1(C)CC1C(=O)C(C#N)c1ccccn1. The Labute approximate surface area is 95.1 Å². The van der Waals surface area contributed by atoms with Crippen LogP contribution >= 0.6 is 0 Å². The van der Waals surface area contributed by atoms with E-state index in [-0.39, 0.29) is 17.1 Å². The Morgan fingerprint density at radius 2 is 2.31 bits per heavy atom. The van der Waals surface area contributed by atoms with Crippen molar-refractivity contribution in [3.05, 3.63) is 30.1 Å². The molecule has 0 bridgehead atoms. The smallest absolute Gasteiger partial charge is 0.159 e. The number of rotatable bonds is 3. The van der Waals surface area contributed by atoms with Gasteiger partial charge in [-0.1, -0.05) is 19.9 Å². The average Bonchev–Trinajstić information content (AvgIpc) is 2.90. The lowest BCUT2D eigenvalue weighted by molar-refractivity contribution is -0.121. The van der Waals surface area contributed by atoms with Gasteiger partial charge in [0, 0.05) is 12.1 Å². The molecule has 1 aromatic heterocycles. The zero-order chi connectivity index (χ0) is 11.8. The summed E-state index contributed by atoms with van der Waals surface area (Å²) in [6.45, 7) is 4.12. The van der Waals surface area contributed by atoms with E-state index in [1.165, 1.54) is 0 Å². The van der Waals surface area contributed by atoms with E-state index in [0.717, 1.165) is 6.42 Å². The quantitative estimate of drug-likeness (QED) is 0.775. The normalized spacial score (nSPS) is 23.2. The van der Waals surface area contributed by atoms with Crippen molar-refractivity contribution in [1.82, 2.24) is 4.98 Å². The van der Waals surface area contributed by atoms with Gasteiger partial charge < -0.3 is 0 Å². The third-order valence-electron chi connectivity index (χ3n) is 3.25. The second kappa shape index (κ2) is 3.71. The minimum atomic E-state index is -0.701. The molecule has 0 radical (unpaired) electrons. The van der Waals surface area contributed by atoms with Crippen molar-refractivity contribution in [1.29, 1.82) is 5.26 Å². The Hall–Kier alpha value is -1.69. The van der Waals surface area contributed by atoms with Crippen LogP contribution in [0.4, 0.5) is 0 Å². The fourth-order valence-corrected chi connectivity index (χ4v) is 1.98. The first-order valence-electron chi connectivity index (χ1n) is 5.40. The van der Waals surface area contributed by atoms with Crippen molar-refractivity contribution in [2.45, 2.75) is 26.2 Å². The van der Waals surface area contributed by atoms with E-state index >= 15 is 0 Å². The number of carbonyl (C=O) groups is 1. The highest BCUT2D eigenvalue weighted by molar-refractivity contribution is 5.92. The van der Waals surface area contributed by atoms with Crippen LogP contribution in [0, 0.1) is 22.7 Å². The molecule has 0 spiro atoms. The first kappa shape index (κ1) is 10.8. The molecule has 82 valence electrons. The molecule has 0 N–H and O–H groups in total. The molecule has 2 unspecified atom stereocenters. The Balaban J connectivity index is 2.20. The number of carbonyl (C=O) groups excluding carboxylic acids is 1. The molecule has 16 heavy (non-hydrogen) atoms. The van der Waals surface area contributed by atoms with E-state index < -0.39 is 5.92 Å². The van der Waals surface area contributed by atoms with E-state index in [4.69, 9.17) is 5.26 Å². The van der Waals surface area contributed by atoms with Gasteiger partial charge in [-0.05, 0) is 24.0 Å². The summed E-state index contributed by atoms with van der Waals surface area (Å²) in [6, 6.07) is 7.39. The van der Waals surface area contributed by atoms with Gasteiger partial charge in [0.1, 0.15) is 5.92 Å². The highest BCUT2D eigenvalue weighted by atomic mass is 16.1. The summed E-state index contributed by atoms with van der Waals surface area (Å²) in [5.74, 6) is -0.654. The van der Waals surface area contributed by atoms with E-state index in [9.17, 15) is 4.79 Å². The summed E-state index contributed by atoms with van der Waals surface area (Å²) in [6.07, 6.45) is 2.50. The maximum Gasteiger partial charge on any atom is 0.159 e. The molecule has 3 nitrogen and oxygen atoms in total. The van der Waals surface area contributed by atoms with E-state index in [2.05, 4.69) is 24.9 Å². The second-order valence-corrected chi connectivity index (χ2v) is 4.96. The Morgan fingerprint density at radius 1 is 1.62 bits per heavy atom. The Morgan fingerprint density at radius 3 is 2.75 bits per heavy atom. The molecular weight excluding hydrogens is 200 g/mol. The zero-order valence-electron chi connectivity index (χ0n) is 9.47. The lowest BCUT2D eigenvalue weighted by Crippen LogP contribution is -2.16. The van der Waals surface area contributed by atoms with Crippen LogP contribution < -0.4 is 0 Å². The van der Waals surface area contributed by atoms with Crippen LogP contribution in [0.5, 0.6) is 0 Å². The van der Waals surface area contributed by atoms with Crippen LogP contribution in [0.1, 0.15) is 31.9 Å². The number of nitriles is 1. The van der Waals surface area contributed by atoms with Crippen molar-refractivity contribution < 1.29 is 4.79 Å². The fourth-order valence-electron chi connectivity index (χ4n) is 1.98. The third-order valence-corrected chi connectivity index (χ3v) is 3.25. The first-order valence-corrected chi connectivity index (χ1v) is 5.40. The summed E-state index contributed by atoms with van der Waals surface area (Å²) < 4.78 is 0. The molecule has 1 fully saturated rings. The van der Waals surface area contributed by atoms with Gasteiger partial charge in [-0.3, -0.25) is 9.78 Å². The van der Waals surface area contributed by atoms with Crippen LogP contribution in [-0.2, 0) is 4.79 Å². The van der Waals surface area contributed by atoms with Crippen molar-refractivity contribution in [2.24, 2.45) is 11.3 Å². The molecule has 2 rings (SSSR count). The number of hydrogen-bond acceptors (Lipinski definition) is 3. The summed E-state index contributed by atoms with van der Waals surface area (Å²) in [5.41, 5.74) is 0.638. The van der Waals surface area contributed by atoms with Gasteiger partial charge in [0.05, 0.1) is 11.8 Å². The molecule has 0 aliphatic heterocycles. The van der Waals surface area contributed by atoms with Crippen molar-refractivity contribution >= 4 is 5.78 Å². The molecule has 3 heteroatoms. The van der Waals surface area contributed by atoms with E-state index in [1.807, 2.05) is 0 Å². The Kier molecular flexibility index (Phi) is 2.51. The zero-order valence-corrected chi connectivity index (χ0v) is 9.47. The molecule has 1 saturated carbocycles. The van der Waals surface area contributed by atoms with Crippen LogP contribution in [0.2, 0.25) is 0 Å². The molecule has 0 aromatic carbocycles. The van der Waals surface area contributed by atoms with Crippen molar-refractivity contribution in [3.8, 4) is 6.07 Å². The number of pyridine rings is 1. The largest absolute Gasteiger partial charge is 0.297 e. The molecule has 1 aliphatic carbocycles. The highest BCUT2D eigenvalue weighted by Gasteiger charge is 2.52. The van der Waals surface area contributed by atoms with Crippen molar-refractivity contribution in [2.75, 3.05) is 0 Å². The van der Waals surface area contributed by atoms with Gasteiger partial charge in [0.15, 0.2) is 5.78 Å².